The van der Waals surface area contributed by atoms with Crippen LogP contribution in [0.1, 0.15) is 32.0 Å². The Bertz CT molecular complexity index is 916. The number of rotatable bonds is 6. The summed E-state index contributed by atoms with van der Waals surface area (Å²) < 4.78 is 43.2. The number of nitrogens with two attached hydrogens (primary N) is 1. The van der Waals surface area contributed by atoms with Crippen LogP contribution in [-0.4, -0.2) is 34.5 Å². The molecule has 1 aromatic carbocycles. The summed E-state index contributed by atoms with van der Waals surface area (Å²) in [5, 5.41) is 9.05. The summed E-state index contributed by atoms with van der Waals surface area (Å²) in [5.41, 5.74) is 5.56. The molecule has 0 aliphatic carbocycles. The highest BCUT2D eigenvalue weighted by Crippen LogP contribution is 2.29. The predicted octanol–water partition coefficient (Wildman–Crippen LogP) is 1.52. The van der Waals surface area contributed by atoms with Gasteiger partial charge in [-0.1, -0.05) is 12.1 Å². The van der Waals surface area contributed by atoms with Crippen molar-refractivity contribution in [1.29, 1.82) is 0 Å². The molecular formula is C17H14F3N3O6. The normalized spacial score (nSPS) is 10.9. The van der Waals surface area contributed by atoms with Crippen molar-refractivity contribution in [2.24, 2.45) is 5.73 Å². The fourth-order valence-electron chi connectivity index (χ4n) is 1.99. The maximum atomic E-state index is 12.6. The van der Waals surface area contributed by atoms with Crippen molar-refractivity contribution in [3.8, 4) is 5.75 Å². The Kier molecular flexibility index (Phi) is 6.72. The Morgan fingerprint density at radius 2 is 1.83 bits per heavy atom. The van der Waals surface area contributed by atoms with Gasteiger partial charge in [0.25, 0.3) is 0 Å². The number of carboxylic acids is 1. The number of benzene rings is 1. The van der Waals surface area contributed by atoms with Gasteiger partial charge in [0.05, 0.1) is 17.7 Å². The molecule has 0 saturated carbocycles. The highest BCUT2D eigenvalue weighted by atomic mass is 19.4. The van der Waals surface area contributed by atoms with E-state index >= 15 is 0 Å². The molecule has 0 unspecified atom stereocenters. The molecule has 1 aromatic heterocycles. The first-order chi connectivity index (χ1) is 13.6. The summed E-state index contributed by atoms with van der Waals surface area (Å²) >= 11 is 0. The number of hydrogen-bond acceptors (Lipinski definition) is 7. The molecule has 2 rings (SSSR count). The number of carbonyl (C=O) groups is 3. The quantitative estimate of drug-likeness (QED) is 0.606. The predicted molar refractivity (Wildman–Crippen MR) is 89.6 cm³/mol. The second-order valence-electron chi connectivity index (χ2n) is 5.47. The van der Waals surface area contributed by atoms with Gasteiger partial charge in [0.15, 0.2) is 11.4 Å². The first-order valence-electron chi connectivity index (χ1n) is 7.84. The van der Waals surface area contributed by atoms with Gasteiger partial charge in [-0.2, -0.15) is 18.7 Å². The molecule has 2 aromatic rings. The van der Waals surface area contributed by atoms with E-state index in [-0.39, 0.29) is 17.9 Å². The molecule has 0 spiro atoms. The molecular weight excluding hydrogens is 399 g/mol. The van der Waals surface area contributed by atoms with E-state index < -0.39 is 41.8 Å². The van der Waals surface area contributed by atoms with Crippen LogP contribution in [0.4, 0.5) is 13.2 Å². The van der Waals surface area contributed by atoms with E-state index in [2.05, 4.69) is 9.82 Å². The van der Waals surface area contributed by atoms with Crippen LogP contribution in [0.15, 0.2) is 36.5 Å². The zero-order chi connectivity index (χ0) is 21.6. The van der Waals surface area contributed by atoms with Crippen LogP contribution in [0.2, 0.25) is 0 Å². The standard InChI is InChI=1S/C17H14F3N3O6/c18-17(19,20)11-3-1-9(2-4-11)8-28-12-5-10(16(26)27)7-22-14(12)15(25)23-29-13(24)6-21/h1-5,7H,6,8,21H2,(H,23,25)(H,26,27). The Labute approximate surface area is 161 Å². The maximum Gasteiger partial charge on any atom is 0.416 e. The average molecular weight is 413 g/mol. The van der Waals surface area contributed by atoms with Gasteiger partial charge in [-0.3, -0.25) is 4.79 Å². The molecule has 0 radical (unpaired) electrons. The fourth-order valence-corrected chi connectivity index (χ4v) is 1.99. The van der Waals surface area contributed by atoms with Crippen LogP contribution in [0.25, 0.3) is 0 Å². The minimum absolute atomic E-state index is 0.286. The molecule has 0 saturated heterocycles. The minimum Gasteiger partial charge on any atom is -0.486 e. The van der Waals surface area contributed by atoms with Crippen LogP contribution in [0, 0.1) is 0 Å². The molecule has 154 valence electrons. The van der Waals surface area contributed by atoms with Gasteiger partial charge >= 0.3 is 24.0 Å². The molecule has 12 heteroatoms. The number of hydrogen-bond donors (Lipinski definition) is 3. The first-order valence-corrected chi connectivity index (χ1v) is 7.84. The van der Waals surface area contributed by atoms with E-state index in [1.165, 1.54) is 12.1 Å². The van der Waals surface area contributed by atoms with E-state index in [1.54, 1.807) is 5.48 Å². The number of hydroxylamine groups is 1. The van der Waals surface area contributed by atoms with E-state index in [9.17, 15) is 27.6 Å². The van der Waals surface area contributed by atoms with Crippen LogP contribution in [0.5, 0.6) is 5.75 Å². The number of halogens is 3. The number of ether oxygens (including phenoxy) is 1. The summed E-state index contributed by atoms with van der Waals surface area (Å²) in [4.78, 5) is 42.2. The van der Waals surface area contributed by atoms with E-state index in [1.807, 2.05) is 0 Å². The summed E-state index contributed by atoms with van der Waals surface area (Å²) in [5.74, 6) is -3.59. The van der Waals surface area contributed by atoms with Crippen molar-refractivity contribution < 1.29 is 42.2 Å². The van der Waals surface area contributed by atoms with Crippen molar-refractivity contribution in [3.05, 3.63) is 58.9 Å². The number of carbonyl (C=O) groups excluding carboxylic acids is 2. The van der Waals surface area contributed by atoms with Crippen LogP contribution >= 0.6 is 0 Å². The second kappa shape index (κ2) is 9.01. The molecule has 0 atom stereocenters. The SMILES string of the molecule is NCC(=O)ONC(=O)c1ncc(C(=O)O)cc1OCc1ccc(C(F)(F)F)cc1. The molecule has 0 aliphatic rings. The van der Waals surface area contributed by atoms with Gasteiger partial charge in [0, 0.05) is 6.20 Å². The molecule has 4 N–H and O–H groups in total. The topological polar surface area (TPSA) is 141 Å². The third kappa shape index (κ3) is 5.90. The third-order valence-corrected chi connectivity index (χ3v) is 3.41. The minimum atomic E-state index is -4.49. The number of nitrogens with zero attached hydrogens (tertiary/aromatic N) is 1. The Morgan fingerprint density at radius 1 is 1.17 bits per heavy atom. The molecule has 1 heterocycles. The molecule has 0 fully saturated rings. The van der Waals surface area contributed by atoms with Crippen molar-refractivity contribution >= 4 is 17.8 Å². The highest BCUT2D eigenvalue weighted by molar-refractivity contribution is 5.96. The average Bonchev–Trinajstić information content (AvgIpc) is 2.69. The number of alkyl halides is 3. The number of pyridine rings is 1. The Morgan fingerprint density at radius 3 is 2.38 bits per heavy atom. The Hall–Kier alpha value is -3.67. The Balaban J connectivity index is 2.20. The third-order valence-electron chi connectivity index (χ3n) is 3.41. The molecule has 9 nitrogen and oxygen atoms in total. The van der Waals surface area contributed by atoms with Crippen LogP contribution in [-0.2, 0) is 22.4 Å². The van der Waals surface area contributed by atoms with Gasteiger partial charge in [0.1, 0.15) is 6.61 Å². The number of aromatic carboxylic acids is 1. The smallest absolute Gasteiger partial charge is 0.416 e. The lowest BCUT2D eigenvalue weighted by Crippen LogP contribution is -2.31. The van der Waals surface area contributed by atoms with Crippen molar-refractivity contribution in [1.82, 2.24) is 10.5 Å². The van der Waals surface area contributed by atoms with Gasteiger partial charge in [-0.05, 0) is 23.8 Å². The van der Waals surface area contributed by atoms with Gasteiger partial charge in [-0.15, -0.1) is 0 Å². The summed E-state index contributed by atoms with van der Waals surface area (Å²) in [6, 6.07) is 5.04. The van der Waals surface area contributed by atoms with Gasteiger partial charge in [-0.25, -0.2) is 14.6 Å². The molecule has 0 bridgehead atoms. The number of amides is 1. The lowest BCUT2D eigenvalue weighted by atomic mass is 10.1. The number of nitrogens with one attached hydrogen (secondary N) is 1. The highest BCUT2D eigenvalue weighted by Gasteiger charge is 2.30. The van der Waals surface area contributed by atoms with Crippen molar-refractivity contribution in [2.45, 2.75) is 12.8 Å². The van der Waals surface area contributed by atoms with E-state index in [0.29, 0.717) is 5.56 Å². The largest absolute Gasteiger partial charge is 0.486 e. The van der Waals surface area contributed by atoms with Crippen LogP contribution in [0.3, 0.4) is 0 Å². The second-order valence-corrected chi connectivity index (χ2v) is 5.47. The van der Waals surface area contributed by atoms with Crippen molar-refractivity contribution in [3.63, 3.8) is 0 Å². The van der Waals surface area contributed by atoms with Crippen LogP contribution < -0.4 is 16.0 Å². The van der Waals surface area contributed by atoms with Gasteiger partial charge in [0.2, 0.25) is 0 Å². The van der Waals surface area contributed by atoms with E-state index in [0.717, 1.165) is 24.4 Å². The van der Waals surface area contributed by atoms with Gasteiger partial charge < -0.3 is 20.4 Å². The molecule has 1 amide bonds. The molecule has 0 aliphatic heterocycles. The number of aromatic nitrogens is 1. The monoisotopic (exact) mass is 413 g/mol. The summed E-state index contributed by atoms with van der Waals surface area (Å²) in [6.45, 7) is -0.783. The fraction of sp³-hybridized carbons (Fsp3) is 0.176. The first kappa shape index (κ1) is 21.6. The zero-order valence-corrected chi connectivity index (χ0v) is 14.5. The molecule has 29 heavy (non-hydrogen) atoms. The number of carboxylic acid groups (broad SMARTS) is 1. The summed E-state index contributed by atoms with van der Waals surface area (Å²) in [7, 11) is 0. The van der Waals surface area contributed by atoms with E-state index in [4.69, 9.17) is 15.6 Å². The lowest BCUT2D eigenvalue weighted by Gasteiger charge is -2.12. The maximum absolute atomic E-state index is 12.6. The van der Waals surface area contributed by atoms with Crippen molar-refractivity contribution in [2.75, 3.05) is 6.54 Å². The summed E-state index contributed by atoms with van der Waals surface area (Å²) in [6.07, 6.45) is -3.61. The lowest BCUT2D eigenvalue weighted by molar-refractivity contribution is -0.147. The zero-order valence-electron chi connectivity index (χ0n) is 14.5.